The number of pyridine rings is 1. The van der Waals surface area contributed by atoms with E-state index in [9.17, 15) is 0 Å². The van der Waals surface area contributed by atoms with Gasteiger partial charge in [0, 0.05) is 11.1 Å². The number of nitrogens with one attached hydrogen (secondary N) is 1. The van der Waals surface area contributed by atoms with Gasteiger partial charge >= 0.3 is 0 Å². The van der Waals surface area contributed by atoms with Crippen LogP contribution in [0.3, 0.4) is 0 Å². The Hall–Kier alpha value is -3.67. The lowest BCUT2D eigenvalue weighted by Crippen LogP contribution is -2.03. The largest absolute Gasteiger partial charge is 0.437 e. The summed E-state index contributed by atoms with van der Waals surface area (Å²) in [5, 5.41) is 4.29. The molecule has 0 aliphatic heterocycles. The van der Waals surface area contributed by atoms with Crippen molar-refractivity contribution in [2.24, 2.45) is 0 Å². The van der Waals surface area contributed by atoms with Crippen LogP contribution in [0.2, 0.25) is 0 Å². The lowest BCUT2D eigenvalue weighted by molar-refractivity contribution is 0.464. The highest BCUT2D eigenvalue weighted by Gasteiger charge is 2.12. The highest BCUT2D eigenvalue weighted by Crippen LogP contribution is 2.32. The average molecular weight is 343 g/mol. The molecule has 6 heteroatoms. The predicted molar refractivity (Wildman–Crippen MR) is 103 cm³/mol. The number of ether oxygens (including phenoxy) is 1. The monoisotopic (exact) mass is 343 g/mol. The molecule has 0 spiro atoms. The van der Waals surface area contributed by atoms with Gasteiger partial charge in [-0.15, -0.1) is 0 Å². The maximum Gasteiger partial charge on any atom is 0.248 e. The Labute approximate surface area is 150 Å². The molecule has 4 aromatic rings. The van der Waals surface area contributed by atoms with Crippen LogP contribution in [0, 0.1) is 6.92 Å². The zero-order chi connectivity index (χ0) is 17.9. The number of nitrogens with zero attached hydrogens (tertiary/aromatic N) is 3. The van der Waals surface area contributed by atoms with Gasteiger partial charge in [0.15, 0.2) is 5.82 Å². The van der Waals surface area contributed by atoms with Crippen molar-refractivity contribution in [3.05, 3.63) is 72.7 Å². The molecule has 26 heavy (non-hydrogen) atoms. The van der Waals surface area contributed by atoms with E-state index in [4.69, 9.17) is 10.5 Å². The van der Waals surface area contributed by atoms with E-state index in [-0.39, 0.29) is 0 Å². The summed E-state index contributed by atoms with van der Waals surface area (Å²) in [5.41, 5.74) is 9.17. The molecule has 6 nitrogen and oxygen atoms in total. The second-order valence-corrected chi connectivity index (χ2v) is 5.81. The summed E-state index contributed by atoms with van der Waals surface area (Å²) < 4.78 is 5.76. The van der Waals surface area contributed by atoms with Gasteiger partial charge in [-0.1, -0.05) is 36.4 Å². The van der Waals surface area contributed by atoms with Crippen LogP contribution in [0.15, 0.2) is 67.0 Å². The number of aromatic nitrogens is 3. The van der Waals surface area contributed by atoms with E-state index in [0.717, 1.165) is 22.3 Å². The number of aryl methyl sites for hydroxylation is 1. The normalized spacial score (nSPS) is 10.7. The van der Waals surface area contributed by atoms with E-state index in [1.165, 1.54) is 6.33 Å². The van der Waals surface area contributed by atoms with E-state index in [2.05, 4.69) is 20.3 Å². The molecular formula is C20H17N5O. The van der Waals surface area contributed by atoms with Gasteiger partial charge in [0.05, 0.1) is 11.2 Å². The minimum atomic E-state index is 0.304. The van der Waals surface area contributed by atoms with Crippen LogP contribution >= 0.6 is 0 Å². The van der Waals surface area contributed by atoms with Gasteiger partial charge in [-0.25, -0.2) is 4.98 Å². The smallest absolute Gasteiger partial charge is 0.248 e. The van der Waals surface area contributed by atoms with Gasteiger partial charge in [0.2, 0.25) is 5.88 Å². The molecule has 2 aromatic carbocycles. The Balaban J connectivity index is 1.69. The molecule has 0 fully saturated rings. The number of hydrogen-bond donors (Lipinski definition) is 2. The van der Waals surface area contributed by atoms with Crippen LogP contribution in [0.4, 0.5) is 17.2 Å². The fourth-order valence-corrected chi connectivity index (χ4v) is 2.63. The van der Waals surface area contributed by atoms with Crippen molar-refractivity contribution in [3.8, 4) is 11.6 Å². The minimum absolute atomic E-state index is 0.304. The number of anilines is 3. The fraction of sp³-hybridized carbons (Fsp3) is 0.0500. The summed E-state index contributed by atoms with van der Waals surface area (Å²) in [6.07, 6.45) is 1.42. The molecule has 0 aliphatic carbocycles. The van der Waals surface area contributed by atoms with E-state index >= 15 is 0 Å². The Morgan fingerprint density at radius 1 is 0.923 bits per heavy atom. The molecule has 128 valence electrons. The van der Waals surface area contributed by atoms with Crippen LogP contribution in [0.25, 0.3) is 10.9 Å². The summed E-state index contributed by atoms with van der Waals surface area (Å²) in [4.78, 5) is 13.0. The molecular weight excluding hydrogens is 326 g/mol. The maximum atomic E-state index is 6.22. The Bertz CT molecular complexity index is 1070. The molecule has 2 heterocycles. The fourth-order valence-electron chi connectivity index (χ4n) is 2.63. The first-order valence-corrected chi connectivity index (χ1v) is 8.17. The van der Waals surface area contributed by atoms with Crippen molar-refractivity contribution in [2.75, 3.05) is 11.1 Å². The van der Waals surface area contributed by atoms with Crippen LogP contribution < -0.4 is 15.8 Å². The third kappa shape index (κ3) is 3.12. The molecule has 0 saturated carbocycles. The maximum absolute atomic E-state index is 6.22. The van der Waals surface area contributed by atoms with Crippen molar-refractivity contribution < 1.29 is 4.74 Å². The molecule has 0 amide bonds. The molecule has 2 aromatic heterocycles. The number of nitrogens with two attached hydrogens (primary N) is 1. The number of hydrogen-bond acceptors (Lipinski definition) is 6. The van der Waals surface area contributed by atoms with Gasteiger partial charge < -0.3 is 15.8 Å². The van der Waals surface area contributed by atoms with Crippen molar-refractivity contribution in [2.45, 2.75) is 6.92 Å². The minimum Gasteiger partial charge on any atom is -0.437 e. The van der Waals surface area contributed by atoms with Crippen molar-refractivity contribution in [1.82, 2.24) is 15.0 Å². The molecule has 0 unspecified atom stereocenters. The molecule has 0 bridgehead atoms. The van der Waals surface area contributed by atoms with Crippen molar-refractivity contribution >= 4 is 28.1 Å². The first-order chi connectivity index (χ1) is 12.7. The third-order valence-electron chi connectivity index (χ3n) is 3.92. The Morgan fingerprint density at radius 2 is 1.77 bits per heavy atom. The number of rotatable bonds is 4. The summed E-state index contributed by atoms with van der Waals surface area (Å²) in [7, 11) is 0. The topological polar surface area (TPSA) is 86.0 Å². The summed E-state index contributed by atoms with van der Waals surface area (Å²) >= 11 is 0. The van der Waals surface area contributed by atoms with Crippen LogP contribution in [0.5, 0.6) is 11.6 Å². The number of nitrogen functional groups attached to an aromatic ring is 1. The van der Waals surface area contributed by atoms with Crippen LogP contribution in [-0.2, 0) is 0 Å². The van der Waals surface area contributed by atoms with Crippen LogP contribution in [0.1, 0.15) is 5.69 Å². The van der Waals surface area contributed by atoms with Crippen LogP contribution in [-0.4, -0.2) is 15.0 Å². The van der Waals surface area contributed by atoms with Crippen molar-refractivity contribution in [3.63, 3.8) is 0 Å². The molecule has 0 radical (unpaired) electrons. The second kappa shape index (κ2) is 6.68. The summed E-state index contributed by atoms with van der Waals surface area (Å²) in [5.74, 6) is 1.44. The molecule has 0 atom stereocenters. The number of fused-ring (bicyclic) bond motifs is 1. The van der Waals surface area contributed by atoms with Gasteiger partial charge in [-0.2, -0.15) is 4.98 Å². The Kier molecular flexibility index (Phi) is 4.07. The van der Waals surface area contributed by atoms with Gasteiger partial charge in [-0.05, 0) is 31.2 Å². The van der Waals surface area contributed by atoms with Gasteiger partial charge in [0.1, 0.15) is 17.8 Å². The molecule has 3 N–H and O–H groups in total. The highest BCUT2D eigenvalue weighted by atomic mass is 16.5. The van der Waals surface area contributed by atoms with Gasteiger partial charge in [-0.3, -0.25) is 4.98 Å². The standard InChI is InChI=1S/C20H17N5O/c1-13-10-11-14-6-5-9-16(18(14)24-13)25-19-17(21)20(23-12-22-19)26-15-7-3-2-4-8-15/h2-12H,21H2,1H3,(H,22,23,25). The SMILES string of the molecule is Cc1ccc2cccc(Nc3ncnc(Oc4ccccc4)c3N)c2n1. The number of para-hydroxylation sites is 2. The first kappa shape index (κ1) is 15.8. The molecule has 4 rings (SSSR count). The van der Waals surface area contributed by atoms with E-state index in [1.807, 2.05) is 67.6 Å². The quantitative estimate of drug-likeness (QED) is 0.569. The first-order valence-electron chi connectivity index (χ1n) is 8.17. The highest BCUT2D eigenvalue weighted by molar-refractivity contribution is 5.93. The van der Waals surface area contributed by atoms with E-state index in [0.29, 0.717) is 23.1 Å². The predicted octanol–water partition coefficient (Wildman–Crippen LogP) is 4.45. The zero-order valence-corrected chi connectivity index (χ0v) is 14.2. The second-order valence-electron chi connectivity index (χ2n) is 5.81. The Morgan fingerprint density at radius 3 is 2.62 bits per heavy atom. The van der Waals surface area contributed by atoms with Crippen molar-refractivity contribution in [1.29, 1.82) is 0 Å². The lowest BCUT2D eigenvalue weighted by Gasteiger charge is -2.13. The molecule has 0 aliphatic rings. The third-order valence-corrected chi connectivity index (χ3v) is 3.92. The van der Waals surface area contributed by atoms with Gasteiger partial charge in [0.25, 0.3) is 0 Å². The van der Waals surface area contributed by atoms with E-state index in [1.54, 1.807) is 0 Å². The summed E-state index contributed by atoms with van der Waals surface area (Å²) in [6, 6.07) is 19.3. The lowest BCUT2D eigenvalue weighted by atomic mass is 10.1. The summed E-state index contributed by atoms with van der Waals surface area (Å²) in [6.45, 7) is 1.96. The zero-order valence-electron chi connectivity index (χ0n) is 14.2. The number of benzene rings is 2. The van der Waals surface area contributed by atoms with E-state index < -0.39 is 0 Å². The average Bonchev–Trinajstić information content (AvgIpc) is 2.66. The molecule has 0 saturated heterocycles.